The van der Waals surface area contributed by atoms with Gasteiger partial charge in [-0.25, -0.2) is 13.1 Å². The number of benzene rings is 2. The summed E-state index contributed by atoms with van der Waals surface area (Å²) in [5.74, 6) is -1.70. The fraction of sp³-hybridized carbons (Fsp3) is 0.692. The van der Waals surface area contributed by atoms with E-state index in [1.807, 2.05) is 30.3 Å². The highest BCUT2D eigenvalue weighted by Crippen LogP contribution is 2.46. The minimum atomic E-state index is -4.45. The minimum Gasteiger partial charge on any atom is -0.378 e. The topological polar surface area (TPSA) is 122 Å². The number of aryl methyl sites for hydroxylation is 1. The van der Waals surface area contributed by atoms with Crippen LogP contribution in [0.4, 0.5) is 0 Å². The van der Waals surface area contributed by atoms with Gasteiger partial charge >= 0.3 is 7.60 Å². The smallest absolute Gasteiger partial charge is 0.358 e. The van der Waals surface area contributed by atoms with Gasteiger partial charge in [-0.05, 0) is 36.8 Å². The zero-order chi connectivity index (χ0) is 35.5. The van der Waals surface area contributed by atoms with Crippen LogP contribution in [-0.4, -0.2) is 49.3 Å². The molecule has 0 fully saturated rings. The molecular weight excluding hydrogens is 657 g/mol. The van der Waals surface area contributed by atoms with Crippen LogP contribution in [0.25, 0.3) is 0 Å². The van der Waals surface area contributed by atoms with Crippen molar-refractivity contribution < 1.29 is 32.2 Å². The number of hydrogen-bond donors (Lipinski definition) is 3. The van der Waals surface area contributed by atoms with E-state index in [2.05, 4.69) is 42.0 Å². The Balaban J connectivity index is 1.70. The Kier molecular flexibility index (Phi) is 24.1. The molecule has 49 heavy (non-hydrogen) atoms. The van der Waals surface area contributed by atoms with E-state index in [9.17, 15) is 23.0 Å². The molecule has 3 N–H and O–H groups in total. The SMILES string of the molecule is CCCCCCCCCCS(=O)(=O)NC(CCCCCCCCCCCCc1ccccc1)COP(=O)(O)C(O)COCc1ccccc1. The maximum Gasteiger partial charge on any atom is 0.358 e. The standard InChI is InChI=1S/C39H66NO7PS/c1-2-3-4-5-6-13-16-25-32-49(44,45)40-38(34-47-48(42,43)39(41)35-46-33-37-29-22-18-23-30-37)31-24-15-12-10-8-7-9-11-14-19-26-36-27-20-17-21-28-36/h17-18,20-23,27-30,38-41H,2-16,19,24-26,31-35H2,1H3,(H,42,43). The van der Waals surface area contributed by atoms with Crippen molar-refractivity contribution >= 4 is 17.6 Å². The quantitative estimate of drug-likeness (QED) is 0.0508. The molecule has 0 spiro atoms. The number of ether oxygens (including phenoxy) is 1. The normalized spacial score (nSPS) is 14.4. The maximum absolute atomic E-state index is 13.0. The van der Waals surface area contributed by atoms with Crippen molar-refractivity contribution in [2.24, 2.45) is 0 Å². The number of sulfonamides is 1. The third-order valence-corrected chi connectivity index (χ3v) is 11.9. The molecule has 280 valence electrons. The maximum atomic E-state index is 13.0. The fourth-order valence-corrected chi connectivity index (χ4v) is 8.18. The van der Waals surface area contributed by atoms with Gasteiger partial charge in [0.15, 0.2) is 5.85 Å². The predicted molar refractivity (Wildman–Crippen MR) is 202 cm³/mol. The van der Waals surface area contributed by atoms with E-state index in [-0.39, 0.29) is 25.6 Å². The van der Waals surface area contributed by atoms with Gasteiger partial charge in [-0.15, -0.1) is 0 Å². The lowest BCUT2D eigenvalue weighted by Gasteiger charge is -2.23. The molecule has 0 aromatic heterocycles. The second kappa shape index (κ2) is 27.1. The molecular formula is C39H66NO7PS. The second-order valence-corrected chi connectivity index (χ2v) is 17.4. The van der Waals surface area contributed by atoms with Crippen molar-refractivity contribution in [2.45, 2.75) is 154 Å². The van der Waals surface area contributed by atoms with Crippen molar-refractivity contribution in [3.8, 4) is 0 Å². The number of nitrogens with one attached hydrogen (secondary N) is 1. The average Bonchev–Trinajstić information content (AvgIpc) is 3.09. The first-order valence-electron chi connectivity index (χ1n) is 19.0. The third-order valence-electron chi connectivity index (χ3n) is 8.94. The molecule has 0 aliphatic heterocycles. The van der Waals surface area contributed by atoms with E-state index < -0.39 is 29.5 Å². The summed E-state index contributed by atoms with van der Waals surface area (Å²) < 4.78 is 52.2. The Bertz CT molecular complexity index is 1220. The van der Waals surface area contributed by atoms with Crippen LogP contribution < -0.4 is 4.72 Å². The molecule has 0 amide bonds. The summed E-state index contributed by atoms with van der Waals surface area (Å²) in [6, 6.07) is 19.3. The van der Waals surface area contributed by atoms with Crippen molar-refractivity contribution in [3.63, 3.8) is 0 Å². The molecule has 3 unspecified atom stereocenters. The molecule has 3 atom stereocenters. The van der Waals surface area contributed by atoms with Crippen LogP contribution in [0.1, 0.15) is 140 Å². The zero-order valence-corrected chi connectivity index (χ0v) is 31.9. The van der Waals surface area contributed by atoms with E-state index in [0.29, 0.717) is 12.8 Å². The molecule has 0 bridgehead atoms. The first kappa shape index (κ1) is 43.6. The van der Waals surface area contributed by atoms with Crippen LogP contribution >= 0.6 is 7.60 Å². The van der Waals surface area contributed by atoms with Crippen molar-refractivity contribution in [3.05, 3.63) is 71.8 Å². The minimum absolute atomic E-state index is 0.0253. The number of hydrogen-bond acceptors (Lipinski definition) is 6. The summed E-state index contributed by atoms with van der Waals surface area (Å²) in [4.78, 5) is 10.4. The summed E-state index contributed by atoms with van der Waals surface area (Å²) in [6.07, 6.45) is 21.6. The van der Waals surface area contributed by atoms with Crippen molar-refractivity contribution in [1.82, 2.24) is 4.72 Å². The van der Waals surface area contributed by atoms with Crippen LogP contribution in [0.5, 0.6) is 0 Å². The van der Waals surface area contributed by atoms with Gasteiger partial charge in [-0.1, -0.05) is 170 Å². The van der Waals surface area contributed by atoms with Crippen LogP contribution in [0.3, 0.4) is 0 Å². The Morgan fingerprint density at radius 2 is 1.16 bits per heavy atom. The van der Waals surface area contributed by atoms with Crippen molar-refractivity contribution in [2.75, 3.05) is 19.0 Å². The molecule has 0 heterocycles. The van der Waals surface area contributed by atoms with Crippen LogP contribution in [0.2, 0.25) is 0 Å². The number of unbranched alkanes of at least 4 members (excludes halogenated alkanes) is 16. The van der Waals surface area contributed by atoms with Gasteiger partial charge in [0.05, 0.1) is 25.6 Å². The van der Waals surface area contributed by atoms with E-state index in [1.54, 1.807) is 0 Å². The predicted octanol–water partition coefficient (Wildman–Crippen LogP) is 9.69. The van der Waals surface area contributed by atoms with Gasteiger partial charge in [-0.2, -0.15) is 0 Å². The number of rotatable bonds is 32. The Labute approximate surface area is 298 Å². The molecule has 0 aliphatic carbocycles. The van der Waals surface area contributed by atoms with Gasteiger partial charge in [0.2, 0.25) is 10.0 Å². The van der Waals surface area contributed by atoms with Crippen LogP contribution in [-0.2, 0) is 36.9 Å². The molecule has 0 saturated heterocycles. The summed E-state index contributed by atoms with van der Waals surface area (Å²) in [7, 11) is -8.04. The van der Waals surface area contributed by atoms with Gasteiger partial charge < -0.3 is 19.3 Å². The fourth-order valence-electron chi connectivity index (χ4n) is 5.93. The summed E-state index contributed by atoms with van der Waals surface area (Å²) in [5, 5.41) is 10.4. The third kappa shape index (κ3) is 22.8. The van der Waals surface area contributed by atoms with Gasteiger partial charge in [0.25, 0.3) is 0 Å². The zero-order valence-electron chi connectivity index (χ0n) is 30.2. The van der Waals surface area contributed by atoms with Gasteiger partial charge in [0, 0.05) is 6.04 Å². The highest BCUT2D eigenvalue weighted by Gasteiger charge is 2.32. The molecule has 10 heteroatoms. The molecule has 0 saturated carbocycles. The Morgan fingerprint density at radius 1 is 0.673 bits per heavy atom. The van der Waals surface area contributed by atoms with E-state index in [4.69, 9.17) is 9.26 Å². The van der Waals surface area contributed by atoms with Crippen molar-refractivity contribution in [1.29, 1.82) is 0 Å². The summed E-state index contributed by atoms with van der Waals surface area (Å²) >= 11 is 0. The lowest BCUT2D eigenvalue weighted by Crippen LogP contribution is -2.39. The lowest BCUT2D eigenvalue weighted by atomic mass is 10.0. The molecule has 2 aromatic carbocycles. The molecule has 0 radical (unpaired) electrons. The van der Waals surface area contributed by atoms with Gasteiger partial charge in [-0.3, -0.25) is 4.57 Å². The van der Waals surface area contributed by atoms with Crippen LogP contribution in [0, 0.1) is 0 Å². The monoisotopic (exact) mass is 723 g/mol. The number of aliphatic hydroxyl groups excluding tert-OH is 1. The molecule has 8 nitrogen and oxygen atoms in total. The highest BCUT2D eigenvalue weighted by molar-refractivity contribution is 7.89. The second-order valence-electron chi connectivity index (χ2n) is 13.5. The molecule has 2 rings (SSSR count). The highest BCUT2D eigenvalue weighted by atomic mass is 32.2. The van der Waals surface area contributed by atoms with E-state index in [0.717, 1.165) is 56.9 Å². The number of aliphatic hydroxyl groups is 1. The van der Waals surface area contributed by atoms with E-state index in [1.165, 1.54) is 69.8 Å². The Hall–Kier alpha value is -1.58. The van der Waals surface area contributed by atoms with Crippen LogP contribution in [0.15, 0.2) is 60.7 Å². The first-order valence-corrected chi connectivity index (χ1v) is 22.3. The van der Waals surface area contributed by atoms with E-state index >= 15 is 0 Å². The van der Waals surface area contributed by atoms with Gasteiger partial charge in [0.1, 0.15) is 0 Å². The molecule has 0 aliphatic rings. The lowest BCUT2D eigenvalue weighted by molar-refractivity contribution is 0.0471. The summed E-state index contributed by atoms with van der Waals surface area (Å²) in [6.45, 7) is 1.72. The average molecular weight is 724 g/mol. The first-order chi connectivity index (χ1) is 23.7. The molecule has 2 aromatic rings. The largest absolute Gasteiger partial charge is 0.378 e. The summed E-state index contributed by atoms with van der Waals surface area (Å²) in [5.41, 5.74) is 2.29. The Morgan fingerprint density at radius 3 is 1.73 bits per heavy atom.